The van der Waals surface area contributed by atoms with Crippen molar-refractivity contribution >= 4 is 22.2 Å². The minimum absolute atomic E-state index is 0.0918. The zero-order valence-corrected chi connectivity index (χ0v) is 18.8. The van der Waals surface area contributed by atoms with Crippen LogP contribution in [-0.2, 0) is 24.2 Å². The van der Waals surface area contributed by atoms with Crippen LogP contribution in [0.5, 0.6) is 0 Å². The Kier molecular flexibility index (Phi) is 6.50. The van der Waals surface area contributed by atoms with Crippen LogP contribution >= 0.6 is 11.3 Å². The van der Waals surface area contributed by atoms with Crippen LogP contribution in [0.1, 0.15) is 47.8 Å². The Bertz CT molecular complexity index is 1100. The number of benzene rings is 1. The molecule has 2 heterocycles. The SMILES string of the molecule is C[C@@H](C(=O)Nc1sc2c(c1C#N)CCCCC2)N(C)Cc1cnn(-c2ccccc2)c1. The molecule has 1 aliphatic carbocycles. The highest BCUT2D eigenvalue weighted by atomic mass is 32.1. The first-order valence-electron chi connectivity index (χ1n) is 10.7. The Morgan fingerprint density at radius 2 is 2.06 bits per heavy atom. The summed E-state index contributed by atoms with van der Waals surface area (Å²) >= 11 is 1.58. The van der Waals surface area contributed by atoms with Crippen molar-refractivity contribution in [2.45, 2.75) is 51.6 Å². The number of amides is 1. The van der Waals surface area contributed by atoms with Gasteiger partial charge in [0.2, 0.25) is 5.91 Å². The lowest BCUT2D eigenvalue weighted by molar-refractivity contribution is -0.120. The second-order valence-corrected chi connectivity index (χ2v) is 9.19. The number of para-hydroxylation sites is 1. The first kappa shape index (κ1) is 21.3. The maximum absolute atomic E-state index is 12.9. The zero-order chi connectivity index (χ0) is 21.8. The molecule has 1 atom stereocenters. The van der Waals surface area contributed by atoms with Crippen molar-refractivity contribution in [3.63, 3.8) is 0 Å². The van der Waals surface area contributed by atoms with Crippen molar-refractivity contribution in [3.8, 4) is 11.8 Å². The van der Waals surface area contributed by atoms with Gasteiger partial charge in [0.05, 0.1) is 23.5 Å². The normalized spacial score (nSPS) is 14.5. The topological polar surface area (TPSA) is 74.0 Å². The number of anilines is 1. The summed E-state index contributed by atoms with van der Waals surface area (Å²) < 4.78 is 1.84. The molecular weight excluding hydrogens is 406 g/mol. The van der Waals surface area contributed by atoms with Gasteiger partial charge in [0.1, 0.15) is 11.1 Å². The number of fused-ring (bicyclic) bond motifs is 1. The lowest BCUT2D eigenvalue weighted by Crippen LogP contribution is -2.39. The molecule has 0 spiro atoms. The van der Waals surface area contributed by atoms with E-state index in [0.717, 1.165) is 42.5 Å². The van der Waals surface area contributed by atoms with Crippen LogP contribution in [-0.4, -0.2) is 33.7 Å². The Morgan fingerprint density at radius 3 is 2.84 bits per heavy atom. The largest absolute Gasteiger partial charge is 0.315 e. The average molecular weight is 434 g/mol. The summed E-state index contributed by atoms with van der Waals surface area (Å²) in [5.74, 6) is -0.0918. The highest BCUT2D eigenvalue weighted by Gasteiger charge is 2.24. The van der Waals surface area contributed by atoms with E-state index >= 15 is 0 Å². The van der Waals surface area contributed by atoms with E-state index in [0.29, 0.717) is 17.1 Å². The van der Waals surface area contributed by atoms with Crippen molar-refractivity contribution in [2.24, 2.45) is 0 Å². The summed E-state index contributed by atoms with van der Waals surface area (Å²) in [4.78, 5) is 16.2. The maximum Gasteiger partial charge on any atom is 0.242 e. The Morgan fingerprint density at radius 1 is 1.29 bits per heavy atom. The van der Waals surface area contributed by atoms with Gasteiger partial charge in [0.25, 0.3) is 0 Å². The number of nitriles is 1. The lowest BCUT2D eigenvalue weighted by atomic mass is 10.1. The van der Waals surface area contributed by atoms with Crippen LogP contribution in [0, 0.1) is 11.3 Å². The second kappa shape index (κ2) is 9.46. The molecule has 31 heavy (non-hydrogen) atoms. The van der Waals surface area contributed by atoms with Crippen molar-refractivity contribution < 1.29 is 4.79 Å². The van der Waals surface area contributed by atoms with Crippen LogP contribution < -0.4 is 5.32 Å². The molecule has 1 aromatic carbocycles. The van der Waals surface area contributed by atoms with E-state index in [1.165, 1.54) is 11.3 Å². The van der Waals surface area contributed by atoms with Gasteiger partial charge in [-0.25, -0.2) is 4.68 Å². The molecule has 1 N–H and O–H groups in total. The number of aromatic nitrogens is 2. The van der Waals surface area contributed by atoms with Gasteiger partial charge in [-0.3, -0.25) is 9.69 Å². The molecule has 0 bridgehead atoms. The third-order valence-electron chi connectivity index (χ3n) is 5.90. The molecule has 1 aliphatic rings. The van der Waals surface area contributed by atoms with Crippen molar-refractivity contribution in [1.82, 2.24) is 14.7 Å². The number of hydrogen-bond acceptors (Lipinski definition) is 5. The van der Waals surface area contributed by atoms with Crippen molar-refractivity contribution in [1.29, 1.82) is 5.26 Å². The third-order valence-corrected chi connectivity index (χ3v) is 7.11. The van der Waals surface area contributed by atoms with Crippen LogP contribution in [0.3, 0.4) is 0 Å². The number of carbonyl (C=O) groups excluding carboxylic acids is 1. The summed E-state index contributed by atoms with van der Waals surface area (Å²) in [5, 5.41) is 17.9. The van der Waals surface area contributed by atoms with Crippen LogP contribution in [0.4, 0.5) is 5.00 Å². The number of hydrogen-bond donors (Lipinski definition) is 1. The van der Waals surface area contributed by atoms with Gasteiger partial charge in [-0.1, -0.05) is 24.6 Å². The summed E-state index contributed by atoms with van der Waals surface area (Å²) in [6.07, 6.45) is 9.23. The van der Waals surface area contributed by atoms with Crippen molar-refractivity contribution in [2.75, 3.05) is 12.4 Å². The molecule has 3 aromatic rings. The predicted octanol–water partition coefficient (Wildman–Crippen LogP) is 4.53. The van der Waals surface area contributed by atoms with Crippen molar-refractivity contribution in [3.05, 3.63) is 64.3 Å². The highest BCUT2D eigenvalue weighted by molar-refractivity contribution is 7.16. The number of thiophene rings is 1. The monoisotopic (exact) mass is 433 g/mol. The van der Waals surface area contributed by atoms with Gasteiger partial charge in [0.15, 0.2) is 0 Å². The van der Waals surface area contributed by atoms with Gasteiger partial charge in [-0.15, -0.1) is 11.3 Å². The smallest absolute Gasteiger partial charge is 0.242 e. The molecule has 0 fully saturated rings. The van der Waals surface area contributed by atoms with Gasteiger partial charge >= 0.3 is 0 Å². The van der Waals surface area contributed by atoms with E-state index in [1.54, 1.807) is 11.3 Å². The van der Waals surface area contributed by atoms with E-state index in [9.17, 15) is 10.1 Å². The number of carbonyl (C=O) groups is 1. The first-order valence-corrected chi connectivity index (χ1v) is 11.5. The van der Waals surface area contributed by atoms with Gasteiger partial charge < -0.3 is 5.32 Å². The first-order chi connectivity index (χ1) is 15.1. The molecular formula is C24H27N5OS. The number of likely N-dealkylation sites (N-methyl/N-ethyl adjacent to an activating group) is 1. The average Bonchev–Trinajstić information content (AvgIpc) is 3.30. The van der Waals surface area contributed by atoms with E-state index in [4.69, 9.17) is 0 Å². The molecule has 6 nitrogen and oxygen atoms in total. The molecule has 0 saturated heterocycles. The lowest BCUT2D eigenvalue weighted by Gasteiger charge is -2.23. The van der Waals surface area contributed by atoms with E-state index < -0.39 is 0 Å². The Hall–Kier alpha value is -2.95. The number of rotatable bonds is 6. The number of aryl methyl sites for hydroxylation is 1. The summed E-state index contributed by atoms with van der Waals surface area (Å²) in [6.45, 7) is 2.50. The van der Waals surface area contributed by atoms with Crippen LogP contribution in [0.25, 0.3) is 5.69 Å². The standard InChI is InChI=1S/C24H27N5OS/c1-17(28(2)15-18-14-26-29(16-18)19-9-5-3-6-10-19)23(30)27-24-21(13-25)20-11-7-4-8-12-22(20)31-24/h3,5-6,9-10,14,16-17H,4,7-8,11-12,15H2,1-2H3,(H,27,30)/t17-/m0/s1. The summed E-state index contributed by atoms with van der Waals surface area (Å²) in [7, 11) is 1.93. The third kappa shape index (κ3) is 4.71. The number of nitrogens with one attached hydrogen (secondary N) is 1. The molecule has 1 amide bonds. The molecule has 160 valence electrons. The molecule has 4 rings (SSSR count). The Balaban J connectivity index is 1.42. The maximum atomic E-state index is 12.9. The molecule has 0 aliphatic heterocycles. The minimum atomic E-state index is -0.339. The molecule has 0 unspecified atom stereocenters. The fraction of sp³-hybridized carbons (Fsp3) is 0.375. The van der Waals surface area contributed by atoms with Crippen LogP contribution in [0.2, 0.25) is 0 Å². The Labute approximate surface area is 187 Å². The zero-order valence-electron chi connectivity index (χ0n) is 18.0. The molecule has 7 heteroatoms. The van der Waals surface area contributed by atoms with E-state index in [2.05, 4.69) is 16.5 Å². The van der Waals surface area contributed by atoms with Gasteiger partial charge in [-0.05, 0) is 57.4 Å². The van der Waals surface area contributed by atoms with E-state index in [1.807, 2.05) is 66.3 Å². The fourth-order valence-corrected chi connectivity index (χ4v) is 5.20. The van der Waals surface area contributed by atoms with E-state index in [-0.39, 0.29) is 11.9 Å². The highest BCUT2D eigenvalue weighted by Crippen LogP contribution is 2.37. The fourth-order valence-electron chi connectivity index (χ4n) is 3.95. The van der Waals surface area contributed by atoms with Gasteiger partial charge in [0, 0.05) is 23.2 Å². The number of nitrogens with zero attached hydrogens (tertiary/aromatic N) is 4. The van der Waals surface area contributed by atoms with Crippen LogP contribution in [0.15, 0.2) is 42.7 Å². The minimum Gasteiger partial charge on any atom is -0.315 e. The molecule has 2 aromatic heterocycles. The van der Waals surface area contributed by atoms with Gasteiger partial charge in [-0.2, -0.15) is 10.4 Å². The summed E-state index contributed by atoms with van der Waals surface area (Å²) in [5.41, 5.74) is 3.85. The molecule has 0 radical (unpaired) electrons. The summed E-state index contributed by atoms with van der Waals surface area (Å²) in [6, 6.07) is 11.9. The molecule has 0 saturated carbocycles. The second-order valence-electron chi connectivity index (χ2n) is 8.09. The quantitative estimate of drug-likeness (QED) is 0.580. The predicted molar refractivity (Wildman–Crippen MR) is 123 cm³/mol.